The summed E-state index contributed by atoms with van der Waals surface area (Å²) in [6.07, 6.45) is 9.26. The molecule has 0 radical (unpaired) electrons. The molecule has 4 rings (SSSR count). The largest absolute Gasteiger partial charge is 0.483 e. The van der Waals surface area contributed by atoms with Gasteiger partial charge in [0.1, 0.15) is 12.4 Å². The summed E-state index contributed by atoms with van der Waals surface area (Å²) in [5.74, 6) is -7.04. The number of benzene rings is 3. The van der Waals surface area contributed by atoms with E-state index in [1.807, 2.05) is 6.07 Å². The molecule has 1 aliphatic carbocycles. The summed E-state index contributed by atoms with van der Waals surface area (Å²) >= 11 is 0. The number of rotatable bonds is 9. The number of halogens is 6. The van der Waals surface area contributed by atoms with Crippen molar-refractivity contribution in [3.8, 4) is 16.9 Å². The maximum atomic E-state index is 15.0. The van der Waals surface area contributed by atoms with Crippen LogP contribution in [-0.4, -0.2) is 0 Å². The highest BCUT2D eigenvalue weighted by Crippen LogP contribution is 2.39. The molecule has 0 amide bonds. The normalized spacial score (nSPS) is 17.7. The van der Waals surface area contributed by atoms with E-state index in [4.69, 9.17) is 4.74 Å². The summed E-state index contributed by atoms with van der Waals surface area (Å²) in [6, 6.07) is 8.06. The number of hydrogen-bond donors (Lipinski definition) is 0. The van der Waals surface area contributed by atoms with Gasteiger partial charge in [0.25, 0.3) is 0 Å². The molecule has 3 aromatic carbocycles. The van der Waals surface area contributed by atoms with Gasteiger partial charge in [-0.1, -0.05) is 44.7 Å². The van der Waals surface area contributed by atoms with Crippen molar-refractivity contribution in [2.75, 3.05) is 0 Å². The Hall–Kier alpha value is -2.96. The molecule has 7 heteroatoms. The first-order valence-electron chi connectivity index (χ1n) is 12.8. The van der Waals surface area contributed by atoms with Gasteiger partial charge in [-0.05, 0) is 84.5 Å². The average molecular weight is 521 g/mol. The lowest BCUT2D eigenvalue weighted by atomic mass is 9.77. The molecule has 0 atom stereocenters. The standard InChI is InChI=1S/C30H30F6O/c1-2-3-4-5-18-6-8-20(9-7-18)21-10-11-23(24(31)14-21)22-15-27(34)30(28(35)16-22)37-17-19-12-25(32)29(36)26(33)13-19/h10-16,18,20H,2-9,17H2,1H3. The first kappa shape index (κ1) is 27.1. The van der Waals surface area contributed by atoms with Gasteiger partial charge in [0.05, 0.1) is 0 Å². The van der Waals surface area contributed by atoms with E-state index < -0.39 is 47.3 Å². The van der Waals surface area contributed by atoms with E-state index in [-0.39, 0.29) is 22.6 Å². The Morgan fingerprint density at radius 1 is 0.730 bits per heavy atom. The SMILES string of the molecule is CCCCCC1CCC(c2ccc(-c3cc(F)c(OCc4cc(F)c(F)c(F)c4)c(F)c3)c(F)c2)CC1. The monoisotopic (exact) mass is 520 g/mol. The number of unbranched alkanes of at least 4 members (excludes halogenated alkanes) is 2. The van der Waals surface area contributed by atoms with Gasteiger partial charge in [-0.15, -0.1) is 0 Å². The summed E-state index contributed by atoms with van der Waals surface area (Å²) in [7, 11) is 0. The zero-order valence-electron chi connectivity index (χ0n) is 20.7. The van der Waals surface area contributed by atoms with Crippen LogP contribution in [0.5, 0.6) is 5.75 Å². The summed E-state index contributed by atoms with van der Waals surface area (Å²) < 4.78 is 89.3. The molecule has 0 saturated heterocycles. The van der Waals surface area contributed by atoms with Gasteiger partial charge < -0.3 is 4.74 Å². The van der Waals surface area contributed by atoms with Crippen LogP contribution in [0.1, 0.15) is 75.3 Å². The van der Waals surface area contributed by atoms with Crippen LogP contribution >= 0.6 is 0 Å². The number of ether oxygens (including phenoxy) is 1. The van der Waals surface area contributed by atoms with E-state index in [0.29, 0.717) is 12.1 Å². The average Bonchev–Trinajstić information content (AvgIpc) is 2.87. The van der Waals surface area contributed by atoms with E-state index in [9.17, 15) is 22.0 Å². The van der Waals surface area contributed by atoms with E-state index in [1.54, 1.807) is 0 Å². The molecule has 0 bridgehead atoms. The third-order valence-electron chi connectivity index (χ3n) is 7.26. The molecule has 0 spiro atoms. The Balaban J connectivity index is 1.44. The van der Waals surface area contributed by atoms with Gasteiger partial charge in [-0.25, -0.2) is 26.3 Å². The Morgan fingerprint density at radius 2 is 1.38 bits per heavy atom. The fourth-order valence-corrected chi connectivity index (χ4v) is 5.19. The van der Waals surface area contributed by atoms with Crippen LogP contribution < -0.4 is 4.74 Å². The van der Waals surface area contributed by atoms with E-state index in [0.717, 1.165) is 49.3 Å². The summed E-state index contributed by atoms with van der Waals surface area (Å²) in [4.78, 5) is 0. The zero-order valence-corrected chi connectivity index (χ0v) is 20.7. The molecule has 0 aliphatic heterocycles. The second kappa shape index (κ2) is 12.1. The predicted octanol–water partition coefficient (Wildman–Crippen LogP) is 9.62. The molecular formula is C30H30F6O. The van der Waals surface area contributed by atoms with Crippen molar-refractivity contribution in [1.29, 1.82) is 0 Å². The maximum absolute atomic E-state index is 15.0. The Bertz CT molecular complexity index is 1190. The van der Waals surface area contributed by atoms with Crippen LogP contribution in [0.25, 0.3) is 11.1 Å². The Kier molecular flexibility index (Phi) is 8.83. The highest BCUT2D eigenvalue weighted by Gasteiger charge is 2.23. The molecule has 3 aromatic rings. The van der Waals surface area contributed by atoms with Crippen LogP contribution in [0, 0.1) is 40.8 Å². The molecular weight excluding hydrogens is 490 g/mol. The topological polar surface area (TPSA) is 9.23 Å². The quantitative estimate of drug-likeness (QED) is 0.155. The van der Waals surface area contributed by atoms with Gasteiger partial charge >= 0.3 is 0 Å². The fourth-order valence-electron chi connectivity index (χ4n) is 5.19. The Labute approximate surface area is 213 Å². The predicted molar refractivity (Wildman–Crippen MR) is 131 cm³/mol. The van der Waals surface area contributed by atoms with Crippen LogP contribution in [0.2, 0.25) is 0 Å². The highest BCUT2D eigenvalue weighted by atomic mass is 19.2. The lowest BCUT2D eigenvalue weighted by Crippen LogP contribution is -2.13. The third-order valence-corrected chi connectivity index (χ3v) is 7.26. The smallest absolute Gasteiger partial charge is 0.194 e. The Morgan fingerprint density at radius 3 is 1.97 bits per heavy atom. The van der Waals surface area contributed by atoms with Gasteiger partial charge in [0.15, 0.2) is 34.8 Å². The fraction of sp³-hybridized carbons (Fsp3) is 0.400. The van der Waals surface area contributed by atoms with Gasteiger partial charge in [-0.3, -0.25) is 0 Å². The van der Waals surface area contributed by atoms with Crippen molar-refractivity contribution in [2.45, 2.75) is 70.8 Å². The minimum atomic E-state index is -1.64. The second-order valence-corrected chi connectivity index (χ2v) is 9.88. The van der Waals surface area contributed by atoms with Crippen LogP contribution in [-0.2, 0) is 6.61 Å². The van der Waals surface area contributed by atoms with Crippen molar-refractivity contribution in [2.24, 2.45) is 5.92 Å². The summed E-state index contributed by atoms with van der Waals surface area (Å²) in [5, 5.41) is 0. The van der Waals surface area contributed by atoms with Crippen LogP contribution in [0.3, 0.4) is 0 Å². The van der Waals surface area contributed by atoms with E-state index >= 15 is 4.39 Å². The van der Waals surface area contributed by atoms with Gasteiger partial charge in [0, 0.05) is 5.56 Å². The van der Waals surface area contributed by atoms with Gasteiger partial charge in [-0.2, -0.15) is 0 Å². The lowest BCUT2D eigenvalue weighted by molar-refractivity contribution is 0.272. The molecule has 1 saturated carbocycles. The molecule has 198 valence electrons. The molecule has 0 aromatic heterocycles. The maximum Gasteiger partial charge on any atom is 0.194 e. The molecule has 0 heterocycles. The van der Waals surface area contributed by atoms with E-state index in [1.165, 1.54) is 37.8 Å². The third kappa shape index (κ3) is 6.49. The van der Waals surface area contributed by atoms with Gasteiger partial charge in [0.2, 0.25) is 0 Å². The number of hydrogen-bond acceptors (Lipinski definition) is 1. The van der Waals surface area contributed by atoms with Crippen molar-refractivity contribution >= 4 is 0 Å². The first-order valence-corrected chi connectivity index (χ1v) is 12.8. The lowest BCUT2D eigenvalue weighted by Gasteiger charge is -2.29. The molecule has 1 fully saturated rings. The second-order valence-electron chi connectivity index (χ2n) is 9.88. The minimum Gasteiger partial charge on any atom is -0.483 e. The van der Waals surface area contributed by atoms with Crippen LogP contribution in [0.4, 0.5) is 26.3 Å². The highest BCUT2D eigenvalue weighted by molar-refractivity contribution is 5.66. The summed E-state index contributed by atoms with van der Waals surface area (Å²) in [6.45, 7) is 1.61. The zero-order chi connectivity index (χ0) is 26.5. The first-order chi connectivity index (χ1) is 17.8. The van der Waals surface area contributed by atoms with Crippen molar-refractivity contribution in [1.82, 2.24) is 0 Å². The molecule has 1 aliphatic rings. The van der Waals surface area contributed by atoms with Crippen LogP contribution in [0.15, 0.2) is 42.5 Å². The molecule has 37 heavy (non-hydrogen) atoms. The van der Waals surface area contributed by atoms with Crippen molar-refractivity contribution < 1.29 is 31.1 Å². The summed E-state index contributed by atoms with van der Waals surface area (Å²) in [5.41, 5.74) is 0.817. The van der Waals surface area contributed by atoms with Crippen molar-refractivity contribution in [3.05, 3.63) is 88.5 Å². The molecule has 0 unspecified atom stereocenters. The van der Waals surface area contributed by atoms with Crippen molar-refractivity contribution in [3.63, 3.8) is 0 Å². The van der Waals surface area contributed by atoms with E-state index in [2.05, 4.69) is 6.92 Å². The minimum absolute atomic E-state index is 0.00454. The molecule has 0 N–H and O–H groups in total. The molecule has 1 nitrogen and oxygen atoms in total.